The molecule has 100 valence electrons. The Labute approximate surface area is 118 Å². The van der Waals surface area contributed by atoms with Gasteiger partial charge in [-0.25, -0.2) is 4.98 Å². The number of aromatic nitrogens is 3. The smallest absolute Gasteiger partial charge is 0.213 e. The van der Waals surface area contributed by atoms with Crippen molar-refractivity contribution < 1.29 is 0 Å². The van der Waals surface area contributed by atoms with E-state index in [1.807, 2.05) is 0 Å². The van der Waals surface area contributed by atoms with Crippen LogP contribution >= 0.6 is 12.2 Å². The summed E-state index contributed by atoms with van der Waals surface area (Å²) in [5, 5.41) is 5.84. The number of nitrogens with zero attached hydrogens (tertiary/aromatic N) is 1. The minimum atomic E-state index is 0.545. The SMILES string of the molecule is S=c1nc(CCCc2ccc3c(c2)CCCC3)[nH][nH]1. The summed E-state index contributed by atoms with van der Waals surface area (Å²) in [6.45, 7) is 0. The van der Waals surface area contributed by atoms with Gasteiger partial charge in [0.25, 0.3) is 0 Å². The van der Waals surface area contributed by atoms with E-state index in [2.05, 4.69) is 33.4 Å². The van der Waals surface area contributed by atoms with Gasteiger partial charge < -0.3 is 0 Å². The number of benzene rings is 1. The Hall–Kier alpha value is -1.42. The van der Waals surface area contributed by atoms with Crippen LogP contribution in [0.4, 0.5) is 0 Å². The second kappa shape index (κ2) is 5.70. The van der Waals surface area contributed by atoms with Crippen LogP contribution in [0.1, 0.15) is 41.8 Å². The summed E-state index contributed by atoms with van der Waals surface area (Å²) in [6.07, 6.45) is 8.39. The van der Waals surface area contributed by atoms with Crippen LogP contribution in [0.5, 0.6) is 0 Å². The Balaban J connectivity index is 1.59. The first kappa shape index (κ1) is 12.6. The van der Waals surface area contributed by atoms with E-state index in [0.717, 1.165) is 25.1 Å². The van der Waals surface area contributed by atoms with Crippen molar-refractivity contribution >= 4 is 12.2 Å². The number of rotatable bonds is 4. The summed E-state index contributed by atoms with van der Waals surface area (Å²) in [5.41, 5.74) is 4.59. The van der Waals surface area contributed by atoms with Crippen molar-refractivity contribution in [1.29, 1.82) is 0 Å². The Morgan fingerprint density at radius 1 is 1.05 bits per heavy atom. The highest BCUT2D eigenvalue weighted by molar-refractivity contribution is 7.71. The number of nitrogens with one attached hydrogen (secondary N) is 2. The summed E-state index contributed by atoms with van der Waals surface area (Å²) in [6, 6.07) is 7.02. The summed E-state index contributed by atoms with van der Waals surface area (Å²) < 4.78 is 0.545. The van der Waals surface area contributed by atoms with Crippen LogP contribution in [0.15, 0.2) is 18.2 Å². The van der Waals surface area contributed by atoms with Gasteiger partial charge in [0.15, 0.2) is 0 Å². The molecule has 1 heterocycles. The number of hydrogen-bond acceptors (Lipinski definition) is 2. The number of H-pyrrole nitrogens is 2. The van der Waals surface area contributed by atoms with E-state index in [0.29, 0.717) is 4.77 Å². The van der Waals surface area contributed by atoms with Crippen molar-refractivity contribution in [2.24, 2.45) is 0 Å². The lowest BCUT2D eigenvalue weighted by Gasteiger charge is -2.16. The topological polar surface area (TPSA) is 44.5 Å². The second-order valence-corrected chi connectivity index (χ2v) is 5.66. The molecule has 1 aliphatic carbocycles. The molecule has 19 heavy (non-hydrogen) atoms. The molecule has 0 spiro atoms. The minimum Gasteiger partial charge on any atom is -0.286 e. The highest BCUT2D eigenvalue weighted by Crippen LogP contribution is 2.22. The lowest BCUT2D eigenvalue weighted by Crippen LogP contribution is -2.03. The predicted molar refractivity (Wildman–Crippen MR) is 78.9 cm³/mol. The monoisotopic (exact) mass is 273 g/mol. The zero-order valence-corrected chi connectivity index (χ0v) is 11.9. The third-order valence-electron chi connectivity index (χ3n) is 3.84. The van der Waals surface area contributed by atoms with Crippen LogP contribution in [0.25, 0.3) is 0 Å². The van der Waals surface area contributed by atoms with Gasteiger partial charge in [0, 0.05) is 6.42 Å². The largest absolute Gasteiger partial charge is 0.286 e. The highest BCUT2D eigenvalue weighted by atomic mass is 32.1. The number of hydrogen-bond donors (Lipinski definition) is 2. The van der Waals surface area contributed by atoms with Crippen molar-refractivity contribution in [2.45, 2.75) is 44.9 Å². The maximum absolute atomic E-state index is 4.95. The molecule has 2 N–H and O–H groups in total. The molecule has 0 unspecified atom stereocenters. The Kier molecular flexibility index (Phi) is 3.78. The van der Waals surface area contributed by atoms with Gasteiger partial charge in [-0.1, -0.05) is 18.2 Å². The van der Waals surface area contributed by atoms with Crippen LogP contribution in [0.2, 0.25) is 0 Å². The number of aromatic amines is 2. The minimum absolute atomic E-state index is 0.545. The van der Waals surface area contributed by atoms with Crippen LogP contribution < -0.4 is 0 Å². The summed E-state index contributed by atoms with van der Waals surface area (Å²) in [5.74, 6) is 0.961. The molecule has 0 bridgehead atoms. The number of aryl methyl sites for hydroxylation is 4. The first-order valence-electron chi connectivity index (χ1n) is 7.05. The molecule has 0 amide bonds. The fourth-order valence-corrected chi connectivity index (χ4v) is 2.99. The molecule has 0 atom stereocenters. The first-order chi connectivity index (χ1) is 9.31. The van der Waals surface area contributed by atoms with E-state index in [4.69, 9.17) is 12.2 Å². The van der Waals surface area contributed by atoms with Crippen molar-refractivity contribution in [1.82, 2.24) is 15.2 Å². The van der Waals surface area contributed by atoms with Crippen molar-refractivity contribution in [3.05, 3.63) is 45.5 Å². The Bertz CT molecular complexity index is 612. The maximum atomic E-state index is 4.95. The van der Waals surface area contributed by atoms with Gasteiger partial charge in [0.1, 0.15) is 5.82 Å². The lowest BCUT2D eigenvalue weighted by molar-refractivity contribution is 0.682. The molecule has 0 fully saturated rings. The van der Waals surface area contributed by atoms with E-state index in [1.54, 1.807) is 11.1 Å². The van der Waals surface area contributed by atoms with E-state index in [9.17, 15) is 0 Å². The van der Waals surface area contributed by atoms with Gasteiger partial charge in [-0.15, -0.1) is 0 Å². The van der Waals surface area contributed by atoms with Gasteiger partial charge >= 0.3 is 0 Å². The quantitative estimate of drug-likeness (QED) is 0.837. The fourth-order valence-electron chi connectivity index (χ4n) is 2.82. The molecule has 2 aromatic rings. The van der Waals surface area contributed by atoms with Gasteiger partial charge in [-0.2, -0.15) is 0 Å². The zero-order chi connectivity index (χ0) is 13.1. The zero-order valence-electron chi connectivity index (χ0n) is 11.0. The molecule has 1 aromatic carbocycles. The molecule has 4 heteroatoms. The van der Waals surface area contributed by atoms with Crippen molar-refractivity contribution in [2.75, 3.05) is 0 Å². The van der Waals surface area contributed by atoms with Crippen molar-refractivity contribution in [3.63, 3.8) is 0 Å². The first-order valence-corrected chi connectivity index (χ1v) is 7.46. The van der Waals surface area contributed by atoms with Gasteiger partial charge in [-0.3, -0.25) is 10.2 Å². The van der Waals surface area contributed by atoms with Gasteiger partial charge in [-0.05, 0) is 67.4 Å². The molecule has 0 saturated heterocycles. The third-order valence-corrected chi connectivity index (χ3v) is 4.04. The lowest BCUT2D eigenvalue weighted by atomic mass is 9.89. The normalized spacial score (nSPS) is 14.3. The van der Waals surface area contributed by atoms with Crippen LogP contribution in [-0.4, -0.2) is 15.2 Å². The summed E-state index contributed by atoms with van der Waals surface area (Å²) in [7, 11) is 0. The van der Waals surface area contributed by atoms with Gasteiger partial charge in [0.2, 0.25) is 4.77 Å². The molecule has 3 nitrogen and oxygen atoms in total. The average molecular weight is 273 g/mol. The second-order valence-electron chi connectivity index (χ2n) is 5.28. The third kappa shape index (κ3) is 3.13. The van der Waals surface area contributed by atoms with Gasteiger partial charge in [0.05, 0.1) is 0 Å². The van der Waals surface area contributed by atoms with E-state index in [1.165, 1.54) is 31.2 Å². The van der Waals surface area contributed by atoms with Crippen molar-refractivity contribution in [3.8, 4) is 0 Å². The molecule has 3 rings (SSSR count). The van der Waals surface area contributed by atoms with E-state index >= 15 is 0 Å². The fraction of sp³-hybridized carbons (Fsp3) is 0.467. The molecule has 1 aliphatic rings. The molecule has 1 aromatic heterocycles. The molecule has 0 aliphatic heterocycles. The standard InChI is InChI=1S/C15H19N3S/c19-15-16-14(17-18-15)7-3-4-11-8-9-12-5-1-2-6-13(12)10-11/h8-10H,1-7H2,(H2,16,17,18,19). The van der Waals surface area contributed by atoms with Crippen LogP contribution in [-0.2, 0) is 25.7 Å². The maximum Gasteiger partial charge on any atom is 0.213 e. The summed E-state index contributed by atoms with van der Waals surface area (Å²) in [4.78, 5) is 4.22. The Morgan fingerprint density at radius 2 is 1.89 bits per heavy atom. The molecular formula is C15H19N3S. The van der Waals surface area contributed by atoms with E-state index in [-0.39, 0.29) is 0 Å². The average Bonchev–Trinajstić information content (AvgIpc) is 2.84. The Morgan fingerprint density at radius 3 is 2.68 bits per heavy atom. The highest BCUT2D eigenvalue weighted by Gasteiger charge is 2.09. The number of fused-ring (bicyclic) bond motifs is 1. The predicted octanol–water partition coefficient (Wildman–Crippen LogP) is 3.52. The molecule has 0 radical (unpaired) electrons. The van der Waals surface area contributed by atoms with E-state index < -0.39 is 0 Å². The molecular weight excluding hydrogens is 254 g/mol. The summed E-state index contributed by atoms with van der Waals surface area (Å²) >= 11 is 4.95. The molecule has 0 saturated carbocycles. The van der Waals surface area contributed by atoms with Crippen LogP contribution in [0, 0.1) is 4.77 Å². The van der Waals surface area contributed by atoms with Crippen LogP contribution in [0.3, 0.4) is 0 Å².